The molecule has 1 amide bonds. The molecular weight excluding hydrogens is 230 g/mol. The van der Waals surface area contributed by atoms with Crippen molar-refractivity contribution >= 4 is 6.09 Å². The Morgan fingerprint density at radius 2 is 2.06 bits per heavy atom. The average molecular weight is 251 g/mol. The molecule has 0 radical (unpaired) electrons. The Kier molecular flexibility index (Phi) is 4.59. The van der Waals surface area contributed by atoms with Crippen LogP contribution in [0.15, 0.2) is 24.3 Å². The van der Waals surface area contributed by atoms with Crippen LogP contribution in [0.3, 0.4) is 0 Å². The number of ether oxygens (including phenoxy) is 1. The van der Waals surface area contributed by atoms with Crippen LogP contribution >= 0.6 is 0 Å². The smallest absolute Gasteiger partial charge is 0.407 e. The van der Waals surface area contributed by atoms with Crippen LogP contribution in [0.4, 0.5) is 4.79 Å². The summed E-state index contributed by atoms with van der Waals surface area (Å²) in [6.45, 7) is 6.16. The molecule has 0 saturated carbocycles. The van der Waals surface area contributed by atoms with Gasteiger partial charge in [0.2, 0.25) is 0 Å². The lowest BCUT2D eigenvalue weighted by atomic mass is 10.0. The summed E-state index contributed by atoms with van der Waals surface area (Å²) in [5.41, 5.74) is 0.690. The normalized spacial score (nSPS) is 11.1. The Morgan fingerprint density at radius 1 is 1.39 bits per heavy atom. The van der Waals surface area contributed by atoms with Gasteiger partial charge in [0.25, 0.3) is 0 Å². The maximum atomic E-state index is 11.2. The first-order chi connectivity index (χ1) is 8.34. The third kappa shape index (κ3) is 3.95. The highest BCUT2D eigenvalue weighted by atomic mass is 16.5. The van der Waals surface area contributed by atoms with E-state index in [1.54, 1.807) is 7.11 Å². The van der Waals surface area contributed by atoms with Gasteiger partial charge in [-0.2, -0.15) is 0 Å². The quantitative estimate of drug-likeness (QED) is 0.894. The molecule has 18 heavy (non-hydrogen) atoms. The molecule has 1 N–H and O–H groups in total. The van der Waals surface area contributed by atoms with Crippen molar-refractivity contribution in [1.29, 1.82) is 0 Å². The number of rotatable bonds is 4. The van der Waals surface area contributed by atoms with Gasteiger partial charge in [0.15, 0.2) is 0 Å². The number of carbonyl (C=O) groups is 1. The highest BCUT2D eigenvalue weighted by Crippen LogP contribution is 2.17. The number of benzene rings is 1. The van der Waals surface area contributed by atoms with E-state index < -0.39 is 6.09 Å². The topological polar surface area (TPSA) is 49.8 Å². The van der Waals surface area contributed by atoms with Gasteiger partial charge < -0.3 is 14.7 Å². The van der Waals surface area contributed by atoms with E-state index in [9.17, 15) is 9.90 Å². The lowest BCUT2D eigenvalue weighted by Crippen LogP contribution is -2.45. The van der Waals surface area contributed by atoms with Crippen LogP contribution in [-0.4, -0.2) is 35.3 Å². The SMILES string of the molecule is COc1cccc(CCN(C(=O)O)C(C)(C)C)c1. The fraction of sp³-hybridized carbons (Fsp3) is 0.500. The number of methoxy groups -OCH3 is 1. The van der Waals surface area contributed by atoms with Crippen LogP contribution in [-0.2, 0) is 6.42 Å². The predicted molar refractivity (Wildman–Crippen MR) is 71.2 cm³/mol. The standard InChI is InChI=1S/C14H21NO3/c1-14(2,3)15(13(16)17)9-8-11-6-5-7-12(10-11)18-4/h5-7,10H,8-9H2,1-4H3,(H,16,17). The molecule has 0 saturated heterocycles. The van der Waals surface area contributed by atoms with Gasteiger partial charge in [-0.05, 0) is 44.9 Å². The molecule has 4 nitrogen and oxygen atoms in total. The molecule has 4 heteroatoms. The van der Waals surface area contributed by atoms with E-state index in [4.69, 9.17) is 4.74 Å². The van der Waals surface area contributed by atoms with Gasteiger partial charge in [0.05, 0.1) is 7.11 Å². The van der Waals surface area contributed by atoms with E-state index in [1.165, 1.54) is 4.90 Å². The molecule has 0 heterocycles. The maximum Gasteiger partial charge on any atom is 0.407 e. The second kappa shape index (κ2) is 5.76. The van der Waals surface area contributed by atoms with Gasteiger partial charge in [-0.1, -0.05) is 12.1 Å². The van der Waals surface area contributed by atoms with Crippen molar-refractivity contribution in [3.8, 4) is 5.75 Å². The van der Waals surface area contributed by atoms with E-state index in [-0.39, 0.29) is 5.54 Å². The molecule has 0 aliphatic rings. The van der Waals surface area contributed by atoms with Crippen LogP contribution < -0.4 is 4.74 Å². The molecule has 0 spiro atoms. The molecule has 0 fully saturated rings. The minimum Gasteiger partial charge on any atom is -0.497 e. The fourth-order valence-corrected chi connectivity index (χ4v) is 1.79. The molecule has 1 rings (SSSR count). The molecule has 0 aliphatic heterocycles. The number of nitrogens with zero attached hydrogens (tertiary/aromatic N) is 1. The summed E-state index contributed by atoms with van der Waals surface area (Å²) in [5.74, 6) is 0.796. The molecular formula is C14H21NO3. The van der Waals surface area contributed by atoms with E-state index in [0.29, 0.717) is 13.0 Å². The molecule has 1 aromatic carbocycles. The zero-order valence-electron chi connectivity index (χ0n) is 11.4. The summed E-state index contributed by atoms with van der Waals surface area (Å²) in [4.78, 5) is 12.6. The zero-order valence-corrected chi connectivity index (χ0v) is 11.4. The van der Waals surface area contributed by atoms with Crippen molar-refractivity contribution in [2.45, 2.75) is 32.7 Å². The van der Waals surface area contributed by atoms with Crippen LogP contribution in [0.2, 0.25) is 0 Å². The fourth-order valence-electron chi connectivity index (χ4n) is 1.79. The largest absolute Gasteiger partial charge is 0.497 e. The average Bonchev–Trinajstić information content (AvgIpc) is 2.27. The van der Waals surface area contributed by atoms with Gasteiger partial charge in [0.1, 0.15) is 5.75 Å². The monoisotopic (exact) mass is 251 g/mol. The van der Waals surface area contributed by atoms with E-state index in [1.807, 2.05) is 45.0 Å². The molecule has 0 aliphatic carbocycles. The van der Waals surface area contributed by atoms with Crippen molar-refractivity contribution in [2.75, 3.05) is 13.7 Å². The first kappa shape index (κ1) is 14.4. The lowest BCUT2D eigenvalue weighted by molar-refractivity contribution is 0.101. The highest BCUT2D eigenvalue weighted by Gasteiger charge is 2.25. The molecule has 0 aromatic heterocycles. The van der Waals surface area contributed by atoms with Crippen LogP contribution in [0.1, 0.15) is 26.3 Å². The van der Waals surface area contributed by atoms with Crippen molar-refractivity contribution in [1.82, 2.24) is 4.90 Å². The van der Waals surface area contributed by atoms with Crippen LogP contribution in [0.25, 0.3) is 0 Å². The van der Waals surface area contributed by atoms with Crippen LogP contribution in [0, 0.1) is 0 Å². The minimum absolute atomic E-state index is 0.384. The number of carboxylic acid groups (broad SMARTS) is 1. The molecule has 0 unspecified atom stereocenters. The minimum atomic E-state index is -0.884. The summed E-state index contributed by atoms with van der Waals surface area (Å²) in [6.07, 6.45) is -0.203. The molecule has 0 atom stereocenters. The summed E-state index contributed by atoms with van der Waals surface area (Å²) in [5, 5.41) is 9.19. The Labute approximate surface area is 108 Å². The summed E-state index contributed by atoms with van der Waals surface area (Å²) in [7, 11) is 1.62. The van der Waals surface area contributed by atoms with E-state index in [0.717, 1.165) is 11.3 Å². The Morgan fingerprint density at radius 3 is 2.56 bits per heavy atom. The second-order valence-electron chi connectivity index (χ2n) is 5.21. The summed E-state index contributed by atoms with van der Waals surface area (Å²) >= 11 is 0. The molecule has 0 bridgehead atoms. The summed E-state index contributed by atoms with van der Waals surface area (Å²) < 4.78 is 5.15. The van der Waals surface area contributed by atoms with Gasteiger partial charge in [-0.15, -0.1) is 0 Å². The predicted octanol–water partition coefficient (Wildman–Crippen LogP) is 3.02. The first-order valence-corrected chi connectivity index (χ1v) is 5.98. The second-order valence-corrected chi connectivity index (χ2v) is 5.21. The Balaban J connectivity index is 2.70. The Bertz CT molecular complexity index is 410. The van der Waals surface area contributed by atoms with E-state index >= 15 is 0 Å². The van der Waals surface area contributed by atoms with Gasteiger partial charge in [-0.3, -0.25) is 0 Å². The van der Waals surface area contributed by atoms with Gasteiger partial charge in [-0.25, -0.2) is 4.79 Å². The van der Waals surface area contributed by atoms with Gasteiger partial charge in [0, 0.05) is 12.1 Å². The maximum absolute atomic E-state index is 11.2. The van der Waals surface area contributed by atoms with Crippen molar-refractivity contribution < 1.29 is 14.6 Å². The van der Waals surface area contributed by atoms with Crippen molar-refractivity contribution in [3.63, 3.8) is 0 Å². The molecule has 100 valence electrons. The number of amides is 1. The number of hydrogen-bond donors (Lipinski definition) is 1. The third-order valence-electron chi connectivity index (χ3n) is 2.80. The summed E-state index contributed by atoms with van der Waals surface area (Å²) in [6, 6.07) is 7.70. The van der Waals surface area contributed by atoms with Crippen molar-refractivity contribution in [2.24, 2.45) is 0 Å². The zero-order chi connectivity index (χ0) is 13.8. The highest BCUT2D eigenvalue weighted by molar-refractivity contribution is 5.66. The van der Waals surface area contributed by atoms with Gasteiger partial charge >= 0.3 is 6.09 Å². The first-order valence-electron chi connectivity index (χ1n) is 5.98. The Hall–Kier alpha value is -1.71. The van der Waals surface area contributed by atoms with Crippen LogP contribution in [0.5, 0.6) is 5.75 Å². The number of hydrogen-bond acceptors (Lipinski definition) is 2. The van der Waals surface area contributed by atoms with E-state index in [2.05, 4.69) is 0 Å². The lowest BCUT2D eigenvalue weighted by Gasteiger charge is -2.33. The van der Waals surface area contributed by atoms with Crippen molar-refractivity contribution in [3.05, 3.63) is 29.8 Å². The third-order valence-corrected chi connectivity index (χ3v) is 2.80. The molecule has 1 aromatic rings.